The van der Waals surface area contributed by atoms with Gasteiger partial charge in [0.2, 0.25) is 0 Å². The first-order chi connectivity index (χ1) is 13.4. The summed E-state index contributed by atoms with van der Waals surface area (Å²) >= 11 is 1.39. The minimum absolute atomic E-state index is 0.0828. The van der Waals surface area contributed by atoms with Crippen molar-refractivity contribution in [2.45, 2.75) is 25.9 Å². The number of hydrogen-bond donors (Lipinski definition) is 1. The SMILES string of the molecule is CCSc1oc2c(N(CC)c3ccccc3C(=O)O)cc(F)cc2c(=O)c1C. The summed E-state index contributed by atoms with van der Waals surface area (Å²) in [5.74, 6) is -0.962. The fourth-order valence-corrected chi connectivity index (χ4v) is 3.86. The van der Waals surface area contributed by atoms with Crippen LogP contribution in [0, 0.1) is 12.7 Å². The Morgan fingerprint density at radius 2 is 1.93 bits per heavy atom. The average Bonchev–Trinajstić information content (AvgIpc) is 2.67. The maximum atomic E-state index is 14.4. The molecule has 1 heterocycles. The molecule has 0 aliphatic carbocycles. The number of carboxylic acids is 1. The zero-order valence-corrected chi connectivity index (χ0v) is 16.6. The Morgan fingerprint density at radius 1 is 1.21 bits per heavy atom. The average molecular weight is 401 g/mol. The number of aromatic carboxylic acids is 1. The summed E-state index contributed by atoms with van der Waals surface area (Å²) in [7, 11) is 0. The Kier molecular flexibility index (Phi) is 5.74. The van der Waals surface area contributed by atoms with E-state index in [1.165, 1.54) is 23.9 Å². The summed E-state index contributed by atoms with van der Waals surface area (Å²) < 4.78 is 20.4. The topological polar surface area (TPSA) is 70.8 Å². The molecule has 0 radical (unpaired) electrons. The summed E-state index contributed by atoms with van der Waals surface area (Å²) in [4.78, 5) is 26.1. The number of hydrogen-bond acceptors (Lipinski definition) is 5. The number of fused-ring (bicyclic) bond motifs is 1. The molecule has 0 aliphatic heterocycles. The zero-order chi connectivity index (χ0) is 20.4. The van der Waals surface area contributed by atoms with Crippen molar-refractivity contribution in [2.75, 3.05) is 17.2 Å². The Morgan fingerprint density at radius 3 is 2.57 bits per heavy atom. The third-order valence-corrected chi connectivity index (χ3v) is 5.37. The van der Waals surface area contributed by atoms with Gasteiger partial charge in [-0.25, -0.2) is 9.18 Å². The molecule has 1 N–H and O–H groups in total. The van der Waals surface area contributed by atoms with E-state index in [0.717, 1.165) is 6.07 Å². The van der Waals surface area contributed by atoms with Crippen LogP contribution in [0.15, 0.2) is 50.7 Å². The smallest absolute Gasteiger partial charge is 0.337 e. The number of benzene rings is 2. The molecular weight excluding hydrogens is 381 g/mol. The summed E-state index contributed by atoms with van der Waals surface area (Å²) in [6, 6.07) is 8.91. The maximum Gasteiger partial charge on any atom is 0.337 e. The first kappa shape index (κ1) is 19.9. The van der Waals surface area contributed by atoms with Crippen LogP contribution in [0.4, 0.5) is 15.8 Å². The number of nitrogens with zero attached hydrogens (tertiary/aromatic N) is 1. The number of halogens is 1. The van der Waals surface area contributed by atoms with Gasteiger partial charge >= 0.3 is 5.97 Å². The Bertz CT molecular complexity index is 1110. The van der Waals surface area contributed by atoms with Crippen molar-refractivity contribution >= 4 is 40.1 Å². The van der Waals surface area contributed by atoms with Crippen molar-refractivity contribution in [3.8, 4) is 0 Å². The molecule has 7 heteroatoms. The summed E-state index contributed by atoms with van der Waals surface area (Å²) in [6.07, 6.45) is 0. The minimum atomic E-state index is -1.09. The molecule has 3 aromatic rings. The second kappa shape index (κ2) is 8.06. The van der Waals surface area contributed by atoms with Crippen molar-refractivity contribution in [2.24, 2.45) is 0 Å². The van der Waals surface area contributed by atoms with Gasteiger partial charge in [-0.15, -0.1) is 0 Å². The molecule has 0 saturated carbocycles. The lowest BCUT2D eigenvalue weighted by molar-refractivity contribution is 0.0697. The Balaban J connectivity index is 2.35. The van der Waals surface area contributed by atoms with Crippen molar-refractivity contribution in [1.29, 1.82) is 0 Å². The predicted molar refractivity (Wildman–Crippen MR) is 110 cm³/mol. The number of carbonyl (C=O) groups is 1. The van der Waals surface area contributed by atoms with Crippen LogP contribution in [0.3, 0.4) is 0 Å². The van der Waals surface area contributed by atoms with Gasteiger partial charge in [0.15, 0.2) is 16.1 Å². The number of para-hydroxylation sites is 1. The molecule has 0 saturated heterocycles. The first-order valence-corrected chi connectivity index (χ1v) is 9.87. The third kappa shape index (κ3) is 3.49. The summed E-state index contributed by atoms with van der Waals surface area (Å²) in [5.41, 5.74) is 1.19. The van der Waals surface area contributed by atoms with E-state index >= 15 is 0 Å². The molecular formula is C21H20FNO4S. The minimum Gasteiger partial charge on any atom is -0.478 e. The van der Waals surface area contributed by atoms with Crippen LogP contribution in [-0.2, 0) is 0 Å². The van der Waals surface area contributed by atoms with Crippen molar-refractivity contribution < 1.29 is 18.7 Å². The molecule has 5 nitrogen and oxygen atoms in total. The molecule has 0 bridgehead atoms. The highest BCUT2D eigenvalue weighted by atomic mass is 32.2. The highest BCUT2D eigenvalue weighted by Gasteiger charge is 2.22. The van der Waals surface area contributed by atoms with E-state index in [0.29, 0.717) is 34.3 Å². The monoisotopic (exact) mass is 401 g/mol. The van der Waals surface area contributed by atoms with E-state index in [-0.39, 0.29) is 22.0 Å². The summed E-state index contributed by atoms with van der Waals surface area (Å²) in [6.45, 7) is 5.78. The van der Waals surface area contributed by atoms with Gasteiger partial charge in [0.05, 0.1) is 22.3 Å². The lowest BCUT2D eigenvalue weighted by Crippen LogP contribution is -2.20. The van der Waals surface area contributed by atoms with Crippen LogP contribution < -0.4 is 10.3 Å². The van der Waals surface area contributed by atoms with E-state index in [9.17, 15) is 19.1 Å². The third-order valence-electron chi connectivity index (χ3n) is 4.43. The standard InChI is InChI=1S/C21H20FNO4S/c1-4-23(16-9-7-6-8-14(16)20(25)26)17-11-13(22)10-15-18(24)12(3)21(28-5-2)27-19(15)17/h6-11H,4-5H2,1-3H3,(H,25,26). The number of thioether (sulfide) groups is 1. The lowest BCUT2D eigenvalue weighted by atomic mass is 10.1. The molecule has 0 spiro atoms. The first-order valence-electron chi connectivity index (χ1n) is 8.88. The van der Waals surface area contributed by atoms with Crippen LogP contribution in [0.25, 0.3) is 11.0 Å². The number of anilines is 2. The van der Waals surface area contributed by atoms with Crippen LogP contribution >= 0.6 is 11.8 Å². The van der Waals surface area contributed by atoms with Gasteiger partial charge in [-0.05, 0) is 37.8 Å². The molecule has 0 unspecified atom stereocenters. The second-order valence-electron chi connectivity index (χ2n) is 6.14. The fraction of sp³-hybridized carbons (Fsp3) is 0.238. The molecule has 0 fully saturated rings. The molecule has 0 amide bonds. The molecule has 28 heavy (non-hydrogen) atoms. The zero-order valence-electron chi connectivity index (χ0n) is 15.8. The Labute approximate surface area is 165 Å². The largest absolute Gasteiger partial charge is 0.478 e. The van der Waals surface area contributed by atoms with E-state index < -0.39 is 11.8 Å². The molecule has 2 aromatic carbocycles. The highest BCUT2D eigenvalue weighted by molar-refractivity contribution is 7.99. The van der Waals surface area contributed by atoms with E-state index in [1.807, 2.05) is 13.8 Å². The Hall–Kier alpha value is -2.80. The predicted octanol–water partition coefficient (Wildman–Crippen LogP) is 5.21. The van der Waals surface area contributed by atoms with Gasteiger partial charge in [-0.3, -0.25) is 4.79 Å². The van der Waals surface area contributed by atoms with E-state index in [4.69, 9.17) is 4.42 Å². The van der Waals surface area contributed by atoms with E-state index in [1.54, 1.807) is 30.0 Å². The van der Waals surface area contributed by atoms with Gasteiger partial charge in [0.25, 0.3) is 0 Å². The second-order valence-corrected chi connectivity index (χ2v) is 7.38. The van der Waals surface area contributed by atoms with Gasteiger partial charge in [-0.1, -0.05) is 30.8 Å². The van der Waals surface area contributed by atoms with Gasteiger partial charge in [0.1, 0.15) is 5.82 Å². The number of carboxylic acid groups (broad SMARTS) is 1. The van der Waals surface area contributed by atoms with Crippen LogP contribution in [0.5, 0.6) is 0 Å². The lowest BCUT2D eigenvalue weighted by Gasteiger charge is -2.25. The highest BCUT2D eigenvalue weighted by Crippen LogP contribution is 2.36. The van der Waals surface area contributed by atoms with Gasteiger partial charge in [0, 0.05) is 18.2 Å². The molecule has 0 atom stereocenters. The maximum absolute atomic E-state index is 14.4. The molecule has 146 valence electrons. The van der Waals surface area contributed by atoms with Crippen LogP contribution in [-0.4, -0.2) is 23.4 Å². The van der Waals surface area contributed by atoms with Crippen molar-refractivity contribution in [3.63, 3.8) is 0 Å². The van der Waals surface area contributed by atoms with Crippen LogP contribution in [0.1, 0.15) is 29.8 Å². The van der Waals surface area contributed by atoms with Gasteiger partial charge < -0.3 is 14.4 Å². The molecule has 1 aromatic heterocycles. The molecule has 0 aliphatic rings. The van der Waals surface area contributed by atoms with Crippen molar-refractivity contribution in [3.05, 3.63) is 63.6 Å². The number of rotatable bonds is 6. The van der Waals surface area contributed by atoms with Gasteiger partial charge in [-0.2, -0.15) is 0 Å². The molecule has 3 rings (SSSR count). The van der Waals surface area contributed by atoms with E-state index in [2.05, 4.69) is 0 Å². The fourth-order valence-electron chi connectivity index (χ4n) is 3.15. The van der Waals surface area contributed by atoms with Crippen LogP contribution in [0.2, 0.25) is 0 Å². The normalized spacial score (nSPS) is 11.0. The summed E-state index contributed by atoms with van der Waals surface area (Å²) in [5, 5.41) is 10.2. The quantitative estimate of drug-likeness (QED) is 0.572. The van der Waals surface area contributed by atoms with Crippen molar-refractivity contribution in [1.82, 2.24) is 0 Å².